The molecule has 2 aromatic heterocycles. The molecule has 1 aliphatic rings. The molecule has 2 aromatic rings. The molecule has 0 bridgehead atoms. The van der Waals surface area contributed by atoms with Crippen LogP contribution in [0.3, 0.4) is 0 Å². The van der Waals surface area contributed by atoms with Crippen LogP contribution >= 0.6 is 0 Å². The monoisotopic (exact) mass is 299 g/mol. The average Bonchev–Trinajstić information content (AvgIpc) is 2.85. The van der Waals surface area contributed by atoms with E-state index >= 15 is 0 Å². The fourth-order valence-electron chi connectivity index (χ4n) is 2.63. The van der Waals surface area contributed by atoms with Gasteiger partial charge in [0.25, 0.3) is 0 Å². The van der Waals surface area contributed by atoms with Gasteiger partial charge in [0.1, 0.15) is 5.82 Å². The topological polar surface area (TPSA) is 36.7 Å². The van der Waals surface area contributed by atoms with E-state index in [4.69, 9.17) is 0 Å². The SMILES string of the molecule is Cc1cc(N2CCN(CC(F)(F)F)CC2)n2nccc2n1. The molecule has 114 valence electrons. The lowest BCUT2D eigenvalue weighted by molar-refractivity contribution is -0.146. The molecule has 8 heteroatoms. The highest BCUT2D eigenvalue weighted by Crippen LogP contribution is 2.21. The summed E-state index contributed by atoms with van der Waals surface area (Å²) in [6, 6.07) is 3.73. The summed E-state index contributed by atoms with van der Waals surface area (Å²) in [5.41, 5.74) is 1.62. The second-order valence-corrected chi connectivity index (χ2v) is 5.24. The number of anilines is 1. The van der Waals surface area contributed by atoms with E-state index in [-0.39, 0.29) is 0 Å². The van der Waals surface area contributed by atoms with Crippen molar-refractivity contribution in [1.29, 1.82) is 0 Å². The maximum atomic E-state index is 12.4. The molecule has 0 aromatic carbocycles. The van der Waals surface area contributed by atoms with Gasteiger partial charge >= 0.3 is 6.18 Å². The Bertz CT molecular complexity index is 628. The predicted molar refractivity (Wildman–Crippen MR) is 72.4 cm³/mol. The number of aromatic nitrogens is 3. The Labute approximate surface area is 120 Å². The first-order valence-electron chi connectivity index (χ1n) is 6.78. The average molecular weight is 299 g/mol. The van der Waals surface area contributed by atoms with Crippen LogP contribution in [-0.2, 0) is 0 Å². The van der Waals surface area contributed by atoms with Gasteiger partial charge in [0, 0.05) is 44.0 Å². The van der Waals surface area contributed by atoms with Crippen LogP contribution in [0.2, 0.25) is 0 Å². The van der Waals surface area contributed by atoms with Crippen molar-refractivity contribution in [2.75, 3.05) is 37.6 Å². The quantitative estimate of drug-likeness (QED) is 0.846. The lowest BCUT2D eigenvalue weighted by Crippen LogP contribution is -2.49. The van der Waals surface area contributed by atoms with E-state index in [9.17, 15) is 13.2 Å². The molecule has 0 aliphatic carbocycles. The summed E-state index contributed by atoms with van der Waals surface area (Å²) in [6.07, 6.45) is -2.46. The summed E-state index contributed by atoms with van der Waals surface area (Å²) >= 11 is 0. The number of fused-ring (bicyclic) bond motifs is 1. The van der Waals surface area contributed by atoms with Crippen LogP contribution in [0.1, 0.15) is 5.69 Å². The fraction of sp³-hybridized carbons (Fsp3) is 0.538. The van der Waals surface area contributed by atoms with E-state index in [2.05, 4.69) is 15.0 Å². The van der Waals surface area contributed by atoms with Crippen molar-refractivity contribution in [3.05, 3.63) is 24.0 Å². The number of hydrogen-bond donors (Lipinski definition) is 0. The van der Waals surface area contributed by atoms with Gasteiger partial charge in [0.2, 0.25) is 0 Å². The largest absolute Gasteiger partial charge is 0.401 e. The maximum absolute atomic E-state index is 12.4. The number of nitrogens with zero attached hydrogens (tertiary/aromatic N) is 5. The Morgan fingerprint density at radius 3 is 2.57 bits per heavy atom. The van der Waals surface area contributed by atoms with E-state index in [1.807, 2.05) is 19.1 Å². The number of aryl methyl sites for hydroxylation is 1. The van der Waals surface area contributed by atoms with Gasteiger partial charge in [-0.2, -0.15) is 22.8 Å². The lowest BCUT2D eigenvalue weighted by Gasteiger charge is -2.36. The van der Waals surface area contributed by atoms with Gasteiger partial charge in [-0.15, -0.1) is 0 Å². The molecule has 0 radical (unpaired) electrons. The second kappa shape index (κ2) is 5.18. The highest BCUT2D eigenvalue weighted by Gasteiger charge is 2.32. The molecule has 1 aliphatic heterocycles. The van der Waals surface area contributed by atoms with Gasteiger partial charge in [-0.05, 0) is 6.92 Å². The van der Waals surface area contributed by atoms with Crippen LogP contribution in [0.5, 0.6) is 0 Å². The molecule has 0 atom stereocenters. The van der Waals surface area contributed by atoms with Gasteiger partial charge in [-0.1, -0.05) is 0 Å². The molecular formula is C13H16F3N5. The van der Waals surface area contributed by atoms with Crippen molar-refractivity contribution in [1.82, 2.24) is 19.5 Å². The van der Waals surface area contributed by atoms with Crippen molar-refractivity contribution in [2.24, 2.45) is 0 Å². The molecule has 0 spiro atoms. The molecule has 0 saturated carbocycles. The number of rotatable bonds is 2. The zero-order valence-electron chi connectivity index (χ0n) is 11.6. The van der Waals surface area contributed by atoms with E-state index in [0.29, 0.717) is 26.2 Å². The zero-order valence-corrected chi connectivity index (χ0v) is 11.6. The zero-order chi connectivity index (χ0) is 15.0. The summed E-state index contributed by atoms with van der Waals surface area (Å²) in [4.78, 5) is 7.86. The summed E-state index contributed by atoms with van der Waals surface area (Å²) < 4.78 is 38.9. The summed E-state index contributed by atoms with van der Waals surface area (Å²) in [6.45, 7) is 2.94. The molecule has 0 N–H and O–H groups in total. The minimum Gasteiger partial charge on any atom is -0.354 e. The molecule has 0 unspecified atom stereocenters. The number of alkyl halides is 3. The first-order chi connectivity index (χ1) is 9.92. The van der Waals surface area contributed by atoms with Crippen LogP contribution < -0.4 is 4.90 Å². The third kappa shape index (κ3) is 3.10. The molecule has 0 amide bonds. The van der Waals surface area contributed by atoms with E-state index in [1.54, 1.807) is 10.7 Å². The van der Waals surface area contributed by atoms with Crippen LogP contribution in [0, 0.1) is 6.92 Å². The molecule has 1 saturated heterocycles. The summed E-state index contributed by atoms with van der Waals surface area (Å²) in [5.74, 6) is 0.883. The minimum absolute atomic E-state index is 0.393. The van der Waals surface area contributed by atoms with Gasteiger partial charge < -0.3 is 4.90 Å². The highest BCUT2D eigenvalue weighted by atomic mass is 19.4. The Balaban J connectivity index is 1.75. The van der Waals surface area contributed by atoms with Crippen molar-refractivity contribution in [3.8, 4) is 0 Å². The molecule has 3 heterocycles. The standard InChI is InChI=1S/C13H16F3N5/c1-10-8-12(21-11(18-10)2-3-17-21)20-6-4-19(5-7-20)9-13(14,15)16/h2-3,8H,4-7,9H2,1H3. The van der Waals surface area contributed by atoms with Crippen LogP contribution in [0.15, 0.2) is 18.3 Å². The molecular weight excluding hydrogens is 283 g/mol. The van der Waals surface area contributed by atoms with Crippen molar-refractivity contribution in [2.45, 2.75) is 13.1 Å². The highest BCUT2D eigenvalue weighted by molar-refractivity contribution is 5.50. The fourth-order valence-corrected chi connectivity index (χ4v) is 2.63. The van der Waals surface area contributed by atoms with E-state index < -0.39 is 12.7 Å². The van der Waals surface area contributed by atoms with Crippen LogP contribution in [-0.4, -0.2) is 58.4 Å². The van der Waals surface area contributed by atoms with E-state index in [0.717, 1.165) is 17.2 Å². The van der Waals surface area contributed by atoms with Gasteiger partial charge in [0.05, 0.1) is 12.7 Å². The van der Waals surface area contributed by atoms with Crippen molar-refractivity contribution >= 4 is 11.5 Å². The van der Waals surface area contributed by atoms with Crippen LogP contribution in [0.25, 0.3) is 5.65 Å². The molecule has 21 heavy (non-hydrogen) atoms. The predicted octanol–water partition coefficient (Wildman–Crippen LogP) is 1.72. The third-order valence-corrected chi connectivity index (χ3v) is 3.57. The number of piperazine rings is 1. The van der Waals surface area contributed by atoms with Crippen LogP contribution in [0.4, 0.5) is 19.0 Å². The molecule has 3 rings (SSSR count). The Hall–Kier alpha value is -1.83. The number of hydrogen-bond acceptors (Lipinski definition) is 4. The van der Waals surface area contributed by atoms with E-state index in [1.165, 1.54) is 4.90 Å². The Morgan fingerprint density at radius 2 is 1.90 bits per heavy atom. The van der Waals surface area contributed by atoms with Crippen molar-refractivity contribution < 1.29 is 13.2 Å². The first kappa shape index (κ1) is 14.1. The smallest absolute Gasteiger partial charge is 0.354 e. The normalized spacial score (nSPS) is 17.6. The maximum Gasteiger partial charge on any atom is 0.401 e. The third-order valence-electron chi connectivity index (χ3n) is 3.57. The lowest BCUT2D eigenvalue weighted by atomic mass is 10.3. The molecule has 1 fully saturated rings. The molecule has 5 nitrogen and oxygen atoms in total. The summed E-state index contributed by atoms with van der Waals surface area (Å²) in [7, 11) is 0. The number of halogens is 3. The van der Waals surface area contributed by atoms with Crippen molar-refractivity contribution in [3.63, 3.8) is 0 Å². The minimum atomic E-state index is -4.13. The summed E-state index contributed by atoms with van der Waals surface area (Å²) in [5, 5.41) is 4.23. The van der Waals surface area contributed by atoms with Gasteiger partial charge in [0.15, 0.2) is 5.65 Å². The first-order valence-corrected chi connectivity index (χ1v) is 6.78. The van der Waals surface area contributed by atoms with Gasteiger partial charge in [-0.25, -0.2) is 4.98 Å². The van der Waals surface area contributed by atoms with Gasteiger partial charge in [-0.3, -0.25) is 4.90 Å². The Kier molecular flexibility index (Phi) is 3.48. The second-order valence-electron chi connectivity index (χ2n) is 5.24. The Morgan fingerprint density at radius 1 is 1.19 bits per heavy atom.